The van der Waals surface area contributed by atoms with Crippen LogP contribution in [0.25, 0.3) is 0 Å². The van der Waals surface area contributed by atoms with E-state index in [9.17, 15) is 9.59 Å². The number of carbonyl (C=O) groups excluding carboxylic acids is 1. The summed E-state index contributed by atoms with van der Waals surface area (Å²) in [4.78, 5) is 26.9. The van der Waals surface area contributed by atoms with Crippen LogP contribution in [0, 0.1) is 0 Å². The Kier molecular flexibility index (Phi) is 5.83. The molecular weight excluding hydrogens is 236 g/mol. The first-order valence-electron chi connectivity index (χ1n) is 5.62. The van der Waals surface area contributed by atoms with Crippen LogP contribution in [-0.2, 0) is 4.84 Å². The number of benzene rings is 1. The summed E-state index contributed by atoms with van der Waals surface area (Å²) in [5, 5.41) is 8.70. The summed E-state index contributed by atoms with van der Waals surface area (Å²) in [6.07, 6.45) is 1.68. The number of unbranched alkanes of at least 4 members (excludes halogenated alkanes) is 1. The van der Waals surface area contributed by atoms with E-state index in [1.54, 1.807) is 0 Å². The molecule has 0 aliphatic heterocycles. The Morgan fingerprint density at radius 3 is 2.33 bits per heavy atom. The maximum absolute atomic E-state index is 11.5. The van der Waals surface area contributed by atoms with E-state index in [0.29, 0.717) is 18.7 Å². The van der Waals surface area contributed by atoms with Gasteiger partial charge in [-0.3, -0.25) is 0 Å². The number of rotatable bonds is 7. The molecule has 0 heterocycles. The van der Waals surface area contributed by atoms with E-state index in [2.05, 4.69) is 5.48 Å². The van der Waals surface area contributed by atoms with Crippen molar-refractivity contribution in [1.29, 1.82) is 0 Å². The van der Waals surface area contributed by atoms with Gasteiger partial charge in [-0.15, -0.1) is 0 Å². The molecule has 0 unspecified atom stereocenters. The number of hydrogen-bond donors (Lipinski definition) is 3. The second kappa shape index (κ2) is 7.41. The number of carboxylic acid groups (broad SMARTS) is 1. The molecule has 98 valence electrons. The molecule has 6 nitrogen and oxygen atoms in total. The smallest absolute Gasteiger partial charge is 0.356 e. The molecule has 0 spiro atoms. The van der Waals surface area contributed by atoms with Gasteiger partial charge in [-0.1, -0.05) is 0 Å². The second-order valence-electron chi connectivity index (χ2n) is 3.66. The molecule has 0 saturated carbocycles. The molecular formula is C12H16N2O4. The van der Waals surface area contributed by atoms with Gasteiger partial charge in [0.2, 0.25) is 0 Å². The van der Waals surface area contributed by atoms with Crippen LogP contribution in [0.3, 0.4) is 0 Å². The minimum atomic E-state index is -1.03. The Morgan fingerprint density at radius 1 is 1.17 bits per heavy atom. The van der Waals surface area contributed by atoms with Crippen LogP contribution >= 0.6 is 0 Å². The zero-order valence-electron chi connectivity index (χ0n) is 9.89. The Hall–Kier alpha value is -1.92. The van der Waals surface area contributed by atoms with Gasteiger partial charge in [0.25, 0.3) is 0 Å². The third-order valence-electron chi connectivity index (χ3n) is 2.27. The number of carboxylic acids is 1. The fraction of sp³-hybridized carbons (Fsp3) is 0.333. The third-order valence-corrected chi connectivity index (χ3v) is 2.27. The number of nitrogens with two attached hydrogens (primary N) is 1. The average Bonchev–Trinajstić information content (AvgIpc) is 2.38. The van der Waals surface area contributed by atoms with Gasteiger partial charge in [0.1, 0.15) is 0 Å². The van der Waals surface area contributed by atoms with E-state index in [-0.39, 0.29) is 5.56 Å². The second-order valence-corrected chi connectivity index (χ2v) is 3.66. The van der Waals surface area contributed by atoms with Gasteiger partial charge in [0, 0.05) is 6.54 Å². The molecule has 0 atom stereocenters. The number of nitrogens with one attached hydrogen (secondary N) is 1. The van der Waals surface area contributed by atoms with Gasteiger partial charge >= 0.3 is 11.9 Å². The molecule has 1 rings (SSSR count). The summed E-state index contributed by atoms with van der Waals surface area (Å²) in [5.41, 5.74) is 8.28. The van der Waals surface area contributed by atoms with Crippen LogP contribution in [0.4, 0.5) is 0 Å². The van der Waals surface area contributed by atoms with Crippen LogP contribution in [-0.4, -0.2) is 30.1 Å². The predicted molar refractivity (Wildman–Crippen MR) is 65.1 cm³/mol. The molecule has 1 aromatic carbocycles. The maximum atomic E-state index is 11.5. The summed E-state index contributed by atoms with van der Waals surface area (Å²) < 4.78 is 0. The first-order chi connectivity index (χ1) is 8.65. The molecule has 6 heteroatoms. The fourth-order valence-electron chi connectivity index (χ4n) is 1.27. The molecule has 0 aliphatic carbocycles. The minimum Gasteiger partial charge on any atom is -0.478 e. The molecule has 0 amide bonds. The van der Waals surface area contributed by atoms with Crippen LogP contribution in [0.2, 0.25) is 0 Å². The number of carbonyl (C=O) groups is 2. The molecule has 0 aliphatic rings. The topological polar surface area (TPSA) is 102 Å². The van der Waals surface area contributed by atoms with E-state index in [0.717, 1.165) is 12.8 Å². The Balaban J connectivity index is 2.39. The number of aromatic carboxylic acids is 1. The monoisotopic (exact) mass is 252 g/mol. The molecule has 4 N–H and O–H groups in total. The molecule has 18 heavy (non-hydrogen) atoms. The van der Waals surface area contributed by atoms with Crippen molar-refractivity contribution in [2.75, 3.05) is 13.1 Å². The van der Waals surface area contributed by atoms with E-state index < -0.39 is 11.9 Å². The van der Waals surface area contributed by atoms with Gasteiger partial charge in [0.15, 0.2) is 0 Å². The quantitative estimate of drug-likeness (QED) is 0.489. The molecule has 0 saturated heterocycles. The van der Waals surface area contributed by atoms with Crippen LogP contribution in [0.15, 0.2) is 24.3 Å². The van der Waals surface area contributed by atoms with Crippen LogP contribution < -0.4 is 11.2 Å². The molecule has 0 aromatic heterocycles. The number of hydroxylamine groups is 1. The molecule has 1 aromatic rings. The zero-order chi connectivity index (χ0) is 13.4. The van der Waals surface area contributed by atoms with Crippen molar-refractivity contribution in [1.82, 2.24) is 5.48 Å². The maximum Gasteiger partial charge on any atom is 0.356 e. The predicted octanol–water partition coefficient (Wildman–Crippen LogP) is 0.785. The third kappa shape index (κ3) is 4.52. The van der Waals surface area contributed by atoms with E-state index in [4.69, 9.17) is 15.7 Å². The zero-order valence-corrected chi connectivity index (χ0v) is 9.89. The summed E-state index contributed by atoms with van der Waals surface area (Å²) in [6.45, 7) is 1.14. The lowest BCUT2D eigenvalue weighted by atomic mass is 10.1. The summed E-state index contributed by atoms with van der Waals surface area (Å²) in [7, 11) is 0. The SMILES string of the molecule is NCCCCNOC(=O)c1ccc(C(=O)O)cc1. The highest BCUT2D eigenvalue weighted by atomic mass is 16.7. The van der Waals surface area contributed by atoms with Gasteiger partial charge in [0.05, 0.1) is 11.1 Å². The Bertz CT molecular complexity index is 403. The average molecular weight is 252 g/mol. The van der Waals surface area contributed by atoms with Crippen molar-refractivity contribution < 1.29 is 19.5 Å². The highest BCUT2D eigenvalue weighted by Gasteiger charge is 2.08. The lowest BCUT2D eigenvalue weighted by Gasteiger charge is -2.05. The van der Waals surface area contributed by atoms with Crippen molar-refractivity contribution in [2.45, 2.75) is 12.8 Å². The van der Waals surface area contributed by atoms with Crippen molar-refractivity contribution in [3.63, 3.8) is 0 Å². The van der Waals surface area contributed by atoms with Crippen LogP contribution in [0.5, 0.6) is 0 Å². The first kappa shape index (κ1) is 14.1. The lowest BCUT2D eigenvalue weighted by Crippen LogP contribution is -2.21. The lowest BCUT2D eigenvalue weighted by molar-refractivity contribution is 0.0251. The summed E-state index contributed by atoms with van der Waals surface area (Å²) in [5.74, 6) is -1.57. The Labute approximate surface area is 105 Å². The van der Waals surface area contributed by atoms with Crippen molar-refractivity contribution >= 4 is 11.9 Å². The highest BCUT2D eigenvalue weighted by molar-refractivity contribution is 5.92. The summed E-state index contributed by atoms with van der Waals surface area (Å²) in [6, 6.07) is 5.53. The highest BCUT2D eigenvalue weighted by Crippen LogP contribution is 2.05. The van der Waals surface area contributed by atoms with E-state index >= 15 is 0 Å². The van der Waals surface area contributed by atoms with Gasteiger partial charge in [-0.25, -0.2) is 9.59 Å². The minimum absolute atomic E-state index is 0.127. The largest absolute Gasteiger partial charge is 0.478 e. The molecule has 0 bridgehead atoms. The van der Waals surface area contributed by atoms with Crippen molar-refractivity contribution in [3.05, 3.63) is 35.4 Å². The van der Waals surface area contributed by atoms with Gasteiger partial charge in [-0.05, 0) is 43.7 Å². The van der Waals surface area contributed by atoms with E-state index in [1.807, 2.05) is 0 Å². The van der Waals surface area contributed by atoms with Crippen molar-refractivity contribution in [2.24, 2.45) is 5.73 Å². The molecule has 0 radical (unpaired) electrons. The normalized spacial score (nSPS) is 10.1. The summed E-state index contributed by atoms with van der Waals surface area (Å²) >= 11 is 0. The Morgan fingerprint density at radius 2 is 1.78 bits per heavy atom. The van der Waals surface area contributed by atoms with Crippen molar-refractivity contribution in [3.8, 4) is 0 Å². The first-order valence-corrected chi connectivity index (χ1v) is 5.62. The van der Waals surface area contributed by atoms with Gasteiger partial charge in [-0.2, -0.15) is 5.48 Å². The van der Waals surface area contributed by atoms with Crippen LogP contribution in [0.1, 0.15) is 33.6 Å². The molecule has 0 fully saturated rings. The fourth-order valence-corrected chi connectivity index (χ4v) is 1.27. The van der Waals surface area contributed by atoms with E-state index in [1.165, 1.54) is 24.3 Å². The standard InChI is InChI=1S/C12H16N2O4/c13-7-1-2-8-14-18-12(17)10-5-3-9(4-6-10)11(15)16/h3-6,14H,1-2,7-8,13H2,(H,15,16). The van der Waals surface area contributed by atoms with Gasteiger partial charge < -0.3 is 15.7 Å². The number of hydrogen-bond acceptors (Lipinski definition) is 5.